The second kappa shape index (κ2) is 4.85. The first kappa shape index (κ1) is 11.9. The Balaban J connectivity index is 1.68. The SMILES string of the molecule is Cc1ccc(NC(=O)Cc2cn3ccsc3n2)cc1. The summed E-state index contributed by atoms with van der Waals surface area (Å²) in [6.45, 7) is 2.02. The van der Waals surface area contributed by atoms with Crippen molar-refractivity contribution >= 4 is 27.9 Å². The van der Waals surface area contributed by atoms with Gasteiger partial charge in [0.1, 0.15) is 0 Å². The summed E-state index contributed by atoms with van der Waals surface area (Å²) in [4.78, 5) is 17.2. The molecule has 19 heavy (non-hydrogen) atoms. The fourth-order valence-electron chi connectivity index (χ4n) is 1.87. The van der Waals surface area contributed by atoms with Crippen LogP contribution in [0.2, 0.25) is 0 Å². The number of imidazole rings is 1. The molecule has 1 amide bonds. The summed E-state index contributed by atoms with van der Waals surface area (Å²) in [5, 5.41) is 4.84. The van der Waals surface area contributed by atoms with E-state index in [1.165, 1.54) is 5.56 Å². The predicted octanol–water partition coefficient (Wildman–Crippen LogP) is 2.89. The number of aromatic nitrogens is 2. The van der Waals surface area contributed by atoms with Gasteiger partial charge in [0.2, 0.25) is 5.91 Å². The Morgan fingerprint density at radius 2 is 2.16 bits per heavy atom. The molecule has 0 unspecified atom stereocenters. The monoisotopic (exact) mass is 271 g/mol. The standard InChI is InChI=1S/C14H13N3OS/c1-10-2-4-11(5-3-10)15-13(18)8-12-9-17-6-7-19-14(17)16-12/h2-7,9H,8H2,1H3,(H,15,18). The number of hydrogen-bond acceptors (Lipinski definition) is 3. The van der Waals surface area contributed by atoms with Gasteiger partial charge in [0.15, 0.2) is 4.96 Å². The second-order valence-corrected chi connectivity index (χ2v) is 5.29. The molecule has 0 fully saturated rings. The molecule has 0 aliphatic carbocycles. The van der Waals surface area contributed by atoms with Crippen LogP contribution in [0.25, 0.3) is 4.96 Å². The van der Waals surface area contributed by atoms with Gasteiger partial charge in [-0.05, 0) is 19.1 Å². The van der Waals surface area contributed by atoms with Gasteiger partial charge in [-0.25, -0.2) is 4.98 Å². The summed E-state index contributed by atoms with van der Waals surface area (Å²) in [5.41, 5.74) is 2.78. The van der Waals surface area contributed by atoms with Gasteiger partial charge in [-0.15, -0.1) is 11.3 Å². The molecule has 0 bridgehead atoms. The Morgan fingerprint density at radius 1 is 1.37 bits per heavy atom. The van der Waals surface area contributed by atoms with Crippen LogP contribution in [0.15, 0.2) is 42.0 Å². The zero-order valence-electron chi connectivity index (χ0n) is 10.5. The van der Waals surface area contributed by atoms with Crippen LogP contribution in [0, 0.1) is 6.92 Å². The van der Waals surface area contributed by atoms with Crippen molar-refractivity contribution < 1.29 is 4.79 Å². The molecule has 3 rings (SSSR count). The van der Waals surface area contributed by atoms with Crippen molar-refractivity contribution in [2.45, 2.75) is 13.3 Å². The van der Waals surface area contributed by atoms with E-state index in [9.17, 15) is 4.79 Å². The van der Waals surface area contributed by atoms with Crippen LogP contribution in [-0.4, -0.2) is 15.3 Å². The number of amides is 1. The first-order valence-corrected chi connectivity index (χ1v) is 6.86. The molecular formula is C14H13N3OS. The summed E-state index contributed by atoms with van der Waals surface area (Å²) in [6.07, 6.45) is 4.12. The Morgan fingerprint density at radius 3 is 2.89 bits per heavy atom. The molecule has 0 spiro atoms. The molecule has 96 valence electrons. The van der Waals surface area contributed by atoms with Crippen LogP contribution in [0.1, 0.15) is 11.3 Å². The Kier molecular flexibility index (Phi) is 3.05. The number of hydrogen-bond donors (Lipinski definition) is 1. The van der Waals surface area contributed by atoms with Crippen LogP contribution in [0.5, 0.6) is 0 Å². The third-order valence-corrected chi connectivity index (χ3v) is 3.59. The molecule has 5 heteroatoms. The van der Waals surface area contributed by atoms with E-state index in [2.05, 4.69) is 10.3 Å². The molecule has 0 saturated heterocycles. The van der Waals surface area contributed by atoms with E-state index < -0.39 is 0 Å². The van der Waals surface area contributed by atoms with E-state index in [0.717, 1.165) is 16.3 Å². The first-order valence-electron chi connectivity index (χ1n) is 5.98. The van der Waals surface area contributed by atoms with Gasteiger partial charge >= 0.3 is 0 Å². The zero-order valence-corrected chi connectivity index (χ0v) is 11.3. The van der Waals surface area contributed by atoms with Crippen molar-refractivity contribution in [2.75, 3.05) is 5.32 Å². The molecule has 0 radical (unpaired) electrons. The molecule has 2 aromatic heterocycles. The zero-order chi connectivity index (χ0) is 13.2. The van der Waals surface area contributed by atoms with Gasteiger partial charge in [0, 0.05) is 23.5 Å². The number of anilines is 1. The van der Waals surface area contributed by atoms with Crippen molar-refractivity contribution in [1.82, 2.24) is 9.38 Å². The van der Waals surface area contributed by atoms with E-state index >= 15 is 0 Å². The Hall–Kier alpha value is -2.14. The molecule has 1 aromatic carbocycles. The fourth-order valence-corrected chi connectivity index (χ4v) is 2.59. The van der Waals surface area contributed by atoms with Crippen LogP contribution in [-0.2, 0) is 11.2 Å². The highest BCUT2D eigenvalue weighted by molar-refractivity contribution is 7.15. The van der Waals surface area contributed by atoms with Crippen molar-refractivity contribution in [2.24, 2.45) is 0 Å². The summed E-state index contributed by atoms with van der Waals surface area (Å²) in [6, 6.07) is 7.75. The van der Waals surface area contributed by atoms with Crippen LogP contribution in [0.3, 0.4) is 0 Å². The third kappa shape index (κ3) is 2.66. The largest absolute Gasteiger partial charge is 0.326 e. The van der Waals surface area contributed by atoms with Crippen LogP contribution in [0.4, 0.5) is 5.69 Å². The molecule has 0 aliphatic rings. The molecule has 2 heterocycles. The third-order valence-electron chi connectivity index (χ3n) is 2.82. The maximum absolute atomic E-state index is 11.9. The summed E-state index contributed by atoms with van der Waals surface area (Å²) in [7, 11) is 0. The van der Waals surface area contributed by atoms with E-state index in [0.29, 0.717) is 6.42 Å². The minimum absolute atomic E-state index is 0.0467. The first-order chi connectivity index (χ1) is 9.20. The molecule has 0 saturated carbocycles. The lowest BCUT2D eigenvalue weighted by molar-refractivity contribution is -0.115. The number of thiazole rings is 1. The minimum atomic E-state index is -0.0467. The molecular weight excluding hydrogens is 258 g/mol. The molecule has 0 atom stereocenters. The molecule has 4 nitrogen and oxygen atoms in total. The predicted molar refractivity (Wildman–Crippen MR) is 76.6 cm³/mol. The van der Waals surface area contributed by atoms with E-state index in [4.69, 9.17) is 0 Å². The van der Waals surface area contributed by atoms with Gasteiger partial charge in [0.25, 0.3) is 0 Å². The van der Waals surface area contributed by atoms with E-state index in [1.54, 1.807) is 11.3 Å². The number of fused-ring (bicyclic) bond motifs is 1. The highest BCUT2D eigenvalue weighted by Gasteiger charge is 2.08. The lowest BCUT2D eigenvalue weighted by Gasteiger charge is -2.04. The number of carbonyl (C=O) groups excluding carboxylic acids is 1. The number of aryl methyl sites for hydroxylation is 1. The number of benzene rings is 1. The maximum atomic E-state index is 11.9. The van der Waals surface area contributed by atoms with E-state index in [-0.39, 0.29) is 5.91 Å². The summed E-state index contributed by atoms with van der Waals surface area (Å²) >= 11 is 1.56. The van der Waals surface area contributed by atoms with Crippen molar-refractivity contribution in [3.63, 3.8) is 0 Å². The van der Waals surface area contributed by atoms with Crippen molar-refractivity contribution in [3.8, 4) is 0 Å². The highest BCUT2D eigenvalue weighted by Crippen LogP contribution is 2.13. The van der Waals surface area contributed by atoms with E-state index in [1.807, 2.05) is 53.4 Å². The van der Waals surface area contributed by atoms with Crippen LogP contribution < -0.4 is 5.32 Å². The van der Waals surface area contributed by atoms with Gasteiger partial charge in [-0.3, -0.25) is 9.20 Å². The molecule has 3 aromatic rings. The maximum Gasteiger partial charge on any atom is 0.230 e. The minimum Gasteiger partial charge on any atom is -0.326 e. The number of nitrogens with zero attached hydrogens (tertiary/aromatic N) is 2. The fraction of sp³-hybridized carbons (Fsp3) is 0.143. The number of nitrogens with one attached hydrogen (secondary N) is 1. The second-order valence-electron chi connectivity index (χ2n) is 4.42. The summed E-state index contributed by atoms with van der Waals surface area (Å²) in [5.74, 6) is -0.0467. The lowest BCUT2D eigenvalue weighted by atomic mass is 10.2. The highest BCUT2D eigenvalue weighted by atomic mass is 32.1. The van der Waals surface area contributed by atoms with Gasteiger partial charge < -0.3 is 5.32 Å². The Bertz CT molecular complexity index is 683. The number of rotatable bonds is 3. The van der Waals surface area contributed by atoms with Crippen molar-refractivity contribution in [1.29, 1.82) is 0 Å². The van der Waals surface area contributed by atoms with Crippen LogP contribution >= 0.6 is 11.3 Å². The van der Waals surface area contributed by atoms with Gasteiger partial charge in [-0.2, -0.15) is 0 Å². The smallest absolute Gasteiger partial charge is 0.230 e. The normalized spacial score (nSPS) is 10.8. The molecule has 1 N–H and O–H groups in total. The van der Waals surface area contributed by atoms with Gasteiger partial charge in [-0.1, -0.05) is 17.7 Å². The van der Waals surface area contributed by atoms with Crippen molar-refractivity contribution in [3.05, 3.63) is 53.3 Å². The summed E-state index contributed by atoms with van der Waals surface area (Å²) < 4.78 is 1.93. The number of carbonyl (C=O) groups is 1. The quantitative estimate of drug-likeness (QED) is 0.796. The lowest BCUT2D eigenvalue weighted by Crippen LogP contribution is -2.14. The topological polar surface area (TPSA) is 46.4 Å². The average molecular weight is 271 g/mol. The average Bonchev–Trinajstić information content (AvgIpc) is 2.92. The van der Waals surface area contributed by atoms with Gasteiger partial charge in [0.05, 0.1) is 12.1 Å². The molecule has 0 aliphatic heterocycles. The Labute approximate surface area is 114 Å².